The van der Waals surface area contributed by atoms with Crippen molar-refractivity contribution in [1.82, 2.24) is 15.1 Å². The topological polar surface area (TPSA) is 64.0 Å². The van der Waals surface area contributed by atoms with Crippen LogP contribution in [-0.2, 0) is 7.05 Å². The molecule has 0 saturated heterocycles. The van der Waals surface area contributed by atoms with Crippen molar-refractivity contribution in [3.05, 3.63) is 27.2 Å². The first-order chi connectivity index (χ1) is 9.21. The van der Waals surface area contributed by atoms with E-state index in [-0.39, 0.29) is 28.5 Å². The molecule has 1 aliphatic rings. The molecule has 110 valence electrons. The third-order valence-corrected chi connectivity index (χ3v) is 4.26. The van der Waals surface area contributed by atoms with Crippen molar-refractivity contribution in [3.63, 3.8) is 0 Å². The van der Waals surface area contributed by atoms with Crippen LogP contribution in [-0.4, -0.2) is 21.7 Å². The van der Waals surface area contributed by atoms with E-state index in [0.717, 1.165) is 19.3 Å². The van der Waals surface area contributed by atoms with Gasteiger partial charge in [-0.2, -0.15) is 5.10 Å². The maximum absolute atomic E-state index is 12.4. The van der Waals surface area contributed by atoms with Crippen LogP contribution in [0.5, 0.6) is 0 Å². The second-order valence-electron chi connectivity index (χ2n) is 6.59. The third-order valence-electron chi connectivity index (χ3n) is 4.26. The van der Waals surface area contributed by atoms with Crippen LogP contribution in [0.15, 0.2) is 4.79 Å². The van der Waals surface area contributed by atoms with Gasteiger partial charge in [-0.15, -0.1) is 0 Å². The van der Waals surface area contributed by atoms with Crippen molar-refractivity contribution in [2.24, 2.45) is 12.5 Å². The summed E-state index contributed by atoms with van der Waals surface area (Å²) >= 11 is 0. The number of carbonyl (C=O) groups is 1. The molecule has 1 aliphatic carbocycles. The largest absolute Gasteiger partial charge is 0.349 e. The van der Waals surface area contributed by atoms with Gasteiger partial charge >= 0.3 is 0 Å². The first-order valence-electron chi connectivity index (χ1n) is 7.06. The quantitative estimate of drug-likeness (QED) is 0.895. The summed E-state index contributed by atoms with van der Waals surface area (Å²) < 4.78 is 1.23. The number of hydrogen-bond acceptors (Lipinski definition) is 3. The summed E-state index contributed by atoms with van der Waals surface area (Å²) in [5, 5.41) is 7.10. The van der Waals surface area contributed by atoms with E-state index in [4.69, 9.17) is 0 Å². The lowest BCUT2D eigenvalue weighted by atomic mass is 9.92. The zero-order valence-corrected chi connectivity index (χ0v) is 12.9. The molecule has 1 aromatic rings. The first kappa shape index (κ1) is 14.8. The predicted octanol–water partition coefficient (Wildman–Crippen LogP) is 1.71. The van der Waals surface area contributed by atoms with Gasteiger partial charge in [0.15, 0.2) is 0 Å². The van der Waals surface area contributed by atoms with Gasteiger partial charge in [0.2, 0.25) is 0 Å². The van der Waals surface area contributed by atoms with Crippen LogP contribution in [0, 0.1) is 19.3 Å². The van der Waals surface area contributed by atoms with Gasteiger partial charge in [-0.05, 0) is 44.1 Å². The number of carbonyl (C=O) groups excluding carboxylic acids is 1. The van der Waals surface area contributed by atoms with Crippen LogP contribution in [0.25, 0.3) is 0 Å². The molecular weight excluding hydrogens is 254 g/mol. The van der Waals surface area contributed by atoms with E-state index < -0.39 is 0 Å². The summed E-state index contributed by atoms with van der Waals surface area (Å²) in [6.45, 7) is 8.00. The molecule has 1 N–H and O–H groups in total. The molecule has 2 rings (SSSR count). The zero-order valence-electron chi connectivity index (χ0n) is 12.9. The molecule has 0 radical (unpaired) electrons. The number of nitrogens with one attached hydrogen (secondary N) is 1. The lowest BCUT2D eigenvalue weighted by Crippen LogP contribution is -2.39. The van der Waals surface area contributed by atoms with E-state index in [1.165, 1.54) is 4.68 Å². The van der Waals surface area contributed by atoms with Gasteiger partial charge in [0.05, 0.1) is 5.69 Å². The molecule has 0 spiro atoms. The number of hydrogen-bond donors (Lipinski definition) is 1. The number of amides is 1. The van der Waals surface area contributed by atoms with Crippen LogP contribution in [0.1, 0.15) is 54.7 Å². The molecule has 1 amide bonds. The highest BCUT2D eigenvalue weighted by Crippen LogP contribution is 2.36. The van der Waals surface area contributed by atoms with Gasteiger partial charge in [0.25, 0.3) is 11.5 Å². The minimum absolute atomic E-state index is 0.162. The molecule has 1 atom stereocenters. The average Bonchev–Trinajstić information content (AvgIpc) is 2.66. The highest BCUT2D eigenvalue weighted by molar-refractivity contribution is 5.95. The third kappa shape index (κ3) is 2.76. The van der Waals surface area contributed by atoms with E-state index >= 15 is 0 Å². The number of nitrogens with zero attached hydrogens (tertiary/aromatic N) is 2. The van der Waals surface area contributed by atoms with Crippen LogP contribution in [0.2, 0.25) is 0 Å². The lowest BCUT2D eigenvalue weighted by molar-refractivity contribution is 0.0932. The molecule has 1 fully saturated rings. The summed E-state index contributed by atoms with van der Waals surface area (Å²) in [6.07, 6.45) is 3.04. The molecule has 1 unspecified atom stereocenters. The number of aromatic nitrogens is 2. The molecule has 1 heterocycles. The van der Waals surface area contributed by atoms with Crippen LogP contribution < -0.4 is 10.9 Å². The minimum atomic E-state index is -0.331. The molecule has 5 heteroatoms. The summed E-state index contributed by atoms with van der Waals surface area (Å²) in [5.41, 5.74) is 1.55. The van der Waals surface area contributed by atoms with Crippen LogP contribution in [0.3, 0.4) is 0 Å². The predicted molar refractivity (Wildman–Crippen MR) is 77.8 cm³/mol. The summed E-state index contributed by atoms with van der Waals surface area (Å²) in [4.78, 5) is 24.5. The minimum Gasteiger partial charge on any atom is -0.349 e. The summed E-state index contributed by atoms with van der Waals surface area (Å²) in [5.74, 6) is -0.267. The molecular formula is C15H23N3O2. The van der Waals surface area contributed by atoms with Crippen molar-refractivity contribution in [2.45, 2.75) is 53.0 Å². The Bertz CT molecular complexity index is 602. The molecule has 0 aliphatic heterocycles. The zero-order chi connectivity index (χ0) is 15.1. The Kier molecular flexibility index (Phi) is 3.71. The van der Waals surface area contributed by atoms with E-state index in [1.807, 2.05) is 6.92 Å². The fourth-order valence-electron chi connectivity index (χ4n) is 2.93. The van der Waals surface area contributed by atoms with E-state index in [1.54, 1.807) is 14.0 Å². The van der Waals surface area contributed by atoms with E-state index in [0.29, 0.717) is 11.3 Å². The Morgan fingerprint density at radius 3 is 2.60 bits per heavy atom. The number of aryl methyl sites for hydroxylation is 2. The molecule has 5 nitrogen and oxygen atoms in total. The lowest BCUT2D eigenvalue weighted by Gasteiger charge is -2.18. The smallest absolute Gasteiger partial charge is 0.279 e. The van der Waals surface area contributed by atoms with Gasteiger partial charge in [0.1, 0.15) is 5.56 Å². The Morgan fingerprint density at radius 1 is 1.40 bits per heavy atom. The van der Waals surface area contributed by atoms with E-state index in [2.05, 4.69) is 24.3 Å². The van der Waals surface area contributed by atoms with Crippen molar-refractivity contribution < 1.29 is 4.79 Å². The van der Waals surface area contributed by atoms with Crippen LogP contribution >= 0.6 is 0 Å². The Morgan fingerprint density at radius 2 is 2.05 bits per heavy atom. The van der Waals surface area contributed by atoms with Crippen molar-refractivity contribution in [2.75, 3.05) is 0 Å². The van der Waals surface area contributed by atoms with Crippen LogP contribution in [0.4, 0.5) is 0 Å². The number of rotatable bonds is 2. The fourth-order valence-corrected chi connectivity index (χ4v) is 2.93. The SMILES string of the molecule is Cc1nn(C)c(=O)c(C(=O)NC2CCC(C)(C)C2)c1C. The van der Waals surface area contributed by atoms with Gasteiger partial charge in [-0.25, -0.2) is 4.68 Å². The normalized spacial score (nSPS) is 20.9. The first-order valence-corrected chi connectivity index (χ1v) is 7.06. The maximum Gasteiger partial charge on any atom is 0.279 e. The Balaban J connectivity index is 2.25. The second kappa shape index (κ2) is 5.04. The van der Waals surface area contributed by atoms with Gasteiger partial charge in [-0.3, -0.25) is 9.59 Å². The molecule has 1 aromatic heterocycles. The standard InChI is InChI=1S/C15H23N3O2/c1-9-10(2)17-18(5)14(20)12(9)13(19)16-11-6-7-15(3,4)8-11/h11H,6-8H2,1-5H3,(H,16,19). The maximum atomic E-state index is 12.4. The molecule has 0 bridgehead atoms. The fraction of sp³-hybridized carbons (Fsp3) is 0.667. The van der Waals surface area contributed by atoms with Crippen molar-refractivity contribution >= 4 is 5.91 Å². The molecule has 0 aromatic carbocycles. The second-order valence-corrected chi connectivity index (χ2v) is 6.59. The highest BCUT2D eigenvalue weighted by atomic mass is 16.2. The average molecular weight is 277 g/mol. The summed E-state index contributed by atoms with van der Waals surface area (Å²) in [7, 11) is 1.57. The van der Waals surface area contributed by atoms with Gasteiger partial charge in [0, 0.05) is 13.1 Å². The van der Waals surface area contributed by atoms with Gasteiger partial charge < -0.3 is 5.32 Å². The highest BCUT2D eigenvalue weighted by Gasteiger charge is 2.32. The Labute approximate surface area is 119 Å². The molecule has 1 saturated carbocycles. The Hall–Kier alpha value is -1.65. The van der Waals surface area contributed by atoms with Gasteiger partial charge in [-0.1, -0.05) is 13.8 Å². The van der Waals surface area contributed by atoms with Crippen molar-refractivity contribution in [3.8, 4) is 0 Å². The molecule has 20 heavy (non-hydrogen) atoms. The monoisotopic (exact) mass is 277 g/mol. The van der Waals surface area contributed by atoms with Crippen molar-refractivity contribution in [1.29, 1.82) is 0 Å². The van der Waals surface area contributed by atoms with E-state index in [9.17, 15) is 9.59 Å². The summed E-state index contributed by atoms with van der Waals surface area (Å²) in [6, 6.07) is 0.162.